The lowest BCUT2D eigenvalue weighted by atomic mass is 9.88. The molecular weight excluding hydrogens is 226 g/mol. The Morgan fingerprint density at radius 3 is 2.72 bits per heavy atom. The van der Waals surface area contributed by atoms with Gasteiger partial charge < -0.3 is 11.1 Å². The van der Waals surface area contributed by atoms with Crippen LogP contribution in [0.3, 0.4) is 0 Å². The summed E-state index contributed by atoms with van der Waals surface area (Å²) in [6.45, 7) is 6.32. The first-order valence-electron chi connectivity index (χ1n) is 5.95. The lowest BCUT2D eigenvalue weighted by molar-refractivity contribution is 0.0883. The van der Waals surface area contributed by atoms with Crippen molar-refractivity contribution in [2.45, 2.75) is 26.3 Å². The summed E-state index contributed by atoms with van der Waals surface area (Å²) in [4.78, 5) is 12.1. The minimum Gasteiger partial charge on any atom is -0.345 e. The number of amides is 1. The molecule has 0 bridgehead atoms. The number of nitrogens with zero attached hydrogens (tertiary/aromatic N) is 1. The Balaban J connectivity index is 2.92. The summed E-state index contributed by atoms with van der Waals surface area (Å²) < 4.78 is 0. The topological polar surface area (TPSA) is 78.9 Å². The highest BCUT2D eigenvalue weighted by molar-refractivity contribution is 5.95. The van der Waals surface area contributed by atoms with E-state index in [4.69, 9.17) is 11.0 Å². The molecule has 0 aliphatic rings. The maximum absolute atomic E-state index is 12.1. The Kier molecular flexibility index (Phi) is 4.46. The van der Waals surface area contributed by atoms with E-state index in [2.05, 4.69) is 5.32 Å². The van der Waals surface area contributed by atoms with Gasteiger partial charge in [0.1, 0.15) is 0 Å². The van der Waals surface area contributed by atoms with Gasteiger partial charge in [0, 0.05) is 12.1 Å². The van der Waals surface area contributed by atoms with Crippen molar-refractivity contribution >= 4 is 5.91 Å². The second-order valence-electron chi connectivity index (χ2n) is 4.92. The lowest BCUT2D eigenvalue weighted by Gasteiger charge is -2.33. The minimum absolute atomic E-state index is 0.200. The van der Waals surface area contributed by atoms with Crippen molar-refractivity contribution in [1.29, 1.82) is 5.26 Å². The molecule has 1 atom stereocenters. The summed E-state index contributed by atoms with van der Waals surface area (Å²) in [5, 5.41) is 11.7. The third kappa shape index (κ3) is 3.08. The molecule has 0 saturated heterocycles. The monoisotopic (exact) mass is 245 g/mol. The number of carbonyl (C=O) groups is 1. The Bertz CT molecular complexity index is 476. The van der Waals surface area contributed by atoms with Crippen molar-refractivity contribution in [1.82, 2.24) is 5.32 Å². The van der Waals surface area contributed by atoms with Crippen molar-refractivity contribution < 1.29 is 4.79 Å². The quantitative estimate of drug-likeness (QED) is 0.846. The van der Waals surface area contributed by atoms with Crippen LogP contribution in [0.1, 0.15) is 36.7 Å². The first-order chi connectivity index (χ1) is 8.42. The fourth-order valence-corrected chi connectivity index (χ4v) is 1.49. The predicted octanol–water partition coefficient (Wildman–Crippen LogP) is 1.66. The highest BCUT2D eigenvalue weighted by Crippen LogP contribution is 2.16. The van der Waals surface area contributed by atoms with Gasteiger partial charge in [-0.05, 0) is 31.0 Å². The average Bonchev–Trinajstić information content (AvgIpc) is 2.38. The van der Waals surface area contributed by atoms with Crippen LogP contribution in [0, 0.1) is 17.2 Å². The van der Waals surface area contributed by atoms with Gasteiger partial charge >= 0.3 is 0 Å². The van der Waals surface area contributed by atoms with Crippen LogP contribution >= 0.6 is 0 Å². The Morgan fingerprint density at radius 2 is 2.22 bits per heavy atom. The van der Waals surface area contributed by atoms with Crippen molar-refractivity contribution in [3.8, 4) is 6.07 Å². The molecule has 1 unspecified atom stereocenters. The number of hydrogen-bond acceptors (Lipinski definition) is 3. The maximum Gasteiger partial charge on any atom is 0.251 e. The van der Waals surface area contributed by atoms with Crippen molar-refractivity contribution in [2.75, 3.05) is 6.54 Å². The summed E-state index contributed by atoms with van der Waals surface area (Å²) >= 11 is 0. The van der Waals surface area contributed by atoms with Gasteiger partial charge in [0.05, 0.1) is 17.2 Å². The minimum atomic E-state index is -0.445. The number of nitriles is 1. The molecule has 1 aromatic carbocycles. The Hall–Kier alpha value is -1.86. The molecular formula is C14H19N3O. The predicted molar refractivity (Wildman–Crippen MR) is 70.9 cm³/mol. The molecule has 0 heterocycles. The van der Waals surface area contributed by atoms with Crippen molar-refractivity contribution in [3.63, 3.8) is 0 Å². The number of nitrogens with two attached hydrogens (primary N) is 1. The maximum atomic E-state index is 12.1. The fourth-order valence-electron chi connectivity index (χ4n) is 1.49. The molecule has 1 aromatic rings. The first-order valence-corrected chi connectivity index (χ1v) is 5.95. The number of rotatable bonds is 4. The second kappa shape index (κ2) is 5.65. The molecule has 0 aliphatic heterocycles. The summed E-state index contributed by atoms with van der Waals surface area (Å²) in [5.74, 6) is 0.0272. The smallest absolute Gasteiger partial charge is 0.251 e. The number of hydrogen-bond donors (Lipinski definition) is 2. The normalized spacial score (nSPS) is 13.8. The Labute approximate surface area is 108 Å². The molecule has 4 heteroatoms. The molecule has 0 fully saturated rings. The largest absolute Gasteiger partial charge is 0.345 e. The van der Waals surface area contributed by atoms with Gasteiger partial charge in [-0.1, -0.05) is 19.9 Å². The third-order valence-corrected chi connectivity index (χ3v) is 3.35. The summed E-state index contributed by atoms with van der Waals surface area (Å²) in [6.07, 6.45) is 0. The number of benzene rings is 1. The van der Waals surface area contributed by atoms with Crippen LogP contribution in [0.25, 0.3) is 0 Å². The van der Waals surface area contributed by atoms with Gasteiger partial charge in [0.15, 0.2) is 0 Å². The van der Waals surface area contributed by atoms with E-state index in [1.165, 1.54) is 0 Å². The van der Waals surface area contributed by atoms with Crippen LogP contribution in [0.4, 0.5) is 0 Å². The number of carbonyl (C=O) groups excluding carboxylic acids is 1. The van der Waals surface area contributed by atoms with Gasteiger partial charge in [-0.2, -0.15) is 5.26 Å². The van der Waals surface area contributed by atoms with Crippen LogP contribution < -0.4 is 11.1 Å². The van der Waals surface area contributed by atoms with Crippen LogP contribution in [0.2, 0.25) is 0 Å². The lowest BCUT2D eigenvalue weighted by Crippen LogP contribution is -2.55. The zero-order valence-corrected chi connectivity index (χ0v) is 11.0. The van der Waals surface area contributed by atoms with E-state index in [1.54, 1.807) is 24.3 Å². The summed E-state index contributed by atoms with van der Waals surface area (Å²) in [6, 6.07) is 8.65. The standard InChI is InChI=1S/C14H19N3O/c1-10(2)14(3,9-16)17-13(18)12-6-4-5-11(7-12)8-15/h4-7,10H,9,16H2,1-3H3,(H,17,18). The Morgan fingerprint density at radius 1 is 1.56 bits per heavy atom. The third-order valence-electron chi connectivity index (χ3n) is 3.35. The van der Waals surface area contributed by atoms with Crippen LogP contribution in [-0.4, -0.2) is 18.0 Å². The molecule has 0 spiro atoms. The SMILES string of the molecule is CC(C)C(C)(CN)NC(=O)c1cccc(C#N)c1. The van der Waals surface area contributed by atoms with Crippen LogP contribution in [0.15, 0.2) is 24.3 Å². The molecule has 0 saturated carbocycles. The molecule has 4 nitrogen and oxygen atoms in total. The van der Waals surface area contributed by atoms with Crippen LogP contribution in [0.5, 0.6) is 0 Å². The highest BCUT2D eigenvalue weighted by atomic mass is 16.1. The van der Waals surface area contributed by atoms with E-state index in [0.717, 1.165) is 0 Å². The summed E-state index contributed by atoms with van der Waals surface area (Å²) in [5.41, 5.74) is 6.23. The van der Waals surface area contributed by atoms with Crippen molar-refractivity contribution in [2.24, 2.45) is 11.7 Å². The molecule has 0 radical (unpaired) electrons. The van der Waals surface area contributed by atoms with E-state index in [0.29, 0.717) is 17.7 Å². The second-order valence-corrected chi connectivity index (χ2v) is 4.92. The van der Waals surface area contributed by atoms with Gasteiger partial charge in [0.2, 0.25) is 0 Å². The zero-order valence-electron chi connectivity index (χ0n) is 11.0. The number of nitrogens with one attached hydrogen (secondary N) is 1. The highest BCUT2D eigenvalue weighted by Gasteiger charge is 2.28. The molecule has 3 N–H and O–H groups in total. The van der Waals surface area contributed by atoms with Gasteiger partial charge in [-0.25, -0.2) is 0 Å². The molecule has 96 valence electrons. The van der Waals surface area contributed by atoms with E-state index in [1.807, 2.05) is 26.8 Å². The molecule has 18 heavy (non-hydrogen) atoms. The zero-order chi connectivity index (χ0) is 13.8. The average molecular weight is 245 g/mol. The molecule has 1 rings (SSSR count). The molecule has 0 aliphatic carbocycles. The van der Waals surface area contributed by atoms with E-state index >= 15 is 0 Å². The summed E-state index contributed by atoms with van der Waals surface area (Å²) in [7, 11) is 0. The molecule has 1 amide bonds. The van der Waals surface area contributed by atoms with Crippen molar-refractivity contribution in [3.05, 3.63) is 35.4 Å². The van der Waals surface area contributed by atoms with Gasteiger partial charge in [-0.3, -0.25) is 4.79 Å². The van der Waals surface area contributed by atoms with Gasteiger partial charge in [0.25, 0.3) is 5.91 Å². The molecule has 0 aromatic heterocycles. The van der Waals surface area contributed by atoms with Gasteiger partial charge in [-0.15, -0.1) is 0 Å². The van der Waals surface area contributed by atoms with E-state index in [9.17, 15) is 4.79 Å². The van der Waals surface area contributed by atoms with E-state index < -0.39 is 5.54 Å². The van der Waals surface area contributed by atoms with E-state index in [-0.39, 0.29) is 11.8 Å². The first kappa shape index (κ1) is 14.2. The fraction of sp³-hybridized carbons (Fsp3) is 0.429. The van der Waals surface area contributed by atoms with Crippen LogP contribution in [-0.2, 0) is 0 Å².